The third-order valence-electron chi connectivity index (χ3n) is 3.51. The van der Waals surface area contributed by atoms with Crippen molar-refractivity contribution in [3.63, 3.8) is 0 Å². The third kappa shape index (κ3) is 6.36. The monoisotopic (exact) mass is 256 g/mol. The molecule has 1 aliphatic carbocycles. The standard InChI is InChI=1S/C14H28N2O2/c1-4-13(10-12-6-7-12)16-11(2)14(17)15-8-5-9-18-3/h11-13,16H,4-10H2,1-3H3,(H,15,17). The van der Waals surface area contributed by atoms with E-state index in [-0.39, 0.29) is 11.9 Å². The van der Waals surface area contributed by atoms with Gasteiger partial charge in [-0.2, -0.15) is 0 Å². The van der Waals surface area contributed by atoms with E-state index in [1.807, 2.05) is 6.92 Å². The largest absolute Gasteiger partial charge is 0.385 e. The zero-order valence-electron chi connectivity index (χ0n) is 12.0. The Morgan fingerprint density at radius 3 is 2.72 bits per heavy atom. The molecule has 2 atom stereocenters. The van der Waals surface area contributed by atoms with Gasteiger partial charge in [0.25, 0.3) is 0 Å². The summed E-state index contributed by atoms with van der Waals surface area (Å²) in [6.45, 7) is 5.52. The Labute approximate surface area is 111 Å². The highest BCUT2D eigenvalue weighted by Gasteiger charge is 2.26. The summed E-state index contributed by atoms with van der Waals surface area (Å²) in [5.74, 6) is 1.000. The van der Waals surface area contributed by atoms with Gasteiger partial charge in [-0.25, -0.2) is 0 Å². The van der Waals surface area contributed by atoms with Crippen molar-refractivity contribution in [2.24, 2.45) is 5.92 Å². The molecule has 18 heavy (non-hydrogen) atoms. The van der Waals surface area contributed by atoms with Gasteiger partial charge in [0.15, 0.2) is 0 Å². The van der Waals surface area contributed by atoms with Crippen LogP contribution in [-0.2, 0) is 9.53 Å². The SMILES string of the molecule is CCC(CC1CC1)NC(C)C(=O)NCCCOC. The highest BCUT2D eigenvalue weighted by atomic mass is 16.5. The van der Waals surface area contributed by atoms with Gasteiger partial charge >= 0.3 is 0 Å². The molecule has 2 N–H and O–H groups in total. The Bertz CT molecular complexity index is 242. The molecule has 4 heteroatoms. The Balaban J connectivity index is 2.15. The van der Waals surface area contributed by atoms with Gasteiger partial charge in [0.2, 0.25) is 5.91 Å². The minimum absolute atomic E-state index is 0.0975. The van der Waals surface area contributed by atoms with E-state index in [1.165, 1.54) is 19.3 Å². The number of rotatable bonds is 10. The van der Waals surface area contributed by atoms with E-state index in [0.717, 1.165) is 18.8 Å². The van der Waals surface area contributed by atoms with E-state index in [1.54, 1.807) is 7.11 Å². The lowest BCUT2D eigenvalue weighted by Crippen LogP contribution is -2.46. The number of carbonyl (C=O) groups excluding carboxylic acids is 1. The van der Waals surface area contributed by atoms with Crippen molar-refractivity contribution in [2.45, 2.75) is 58.0 Å². The van der Waals surface area contributed by atoms with Gasteiger partial charge in [-0.05, 0) is 32.1 Å². The van der Waals surface area contributed by atoms with Crippen LogP contribution in [0.4, 0.5) is 0 Å². The lowest BCUT2D eigenvalue weighted by atomic mass is 10.1. The molecule has 106 valence electrons. The fraction of sp³-hybridized carbons (Fsp3) is 0.929. The lowest BCUT2D eigenvalue weighted by Gasteiger charge is -2.21. The maximum atomic E-state index is 11.8. The normalized spacial score (nSPS) is 18.4. The smallest absolute Gasteiger partial charge is 0.236 e. The lowest BCUT2D eigenvalue weighted by molar-refractivity contribution is -0.123. The average molecular weight is 256 g/mol. The fourth-order valence-electron chi connectivity index (χ4n) is 2.12. The Morgan fingerprint density at radius 2 is 2.17 bits per heavy atom. The molecule has 1 aliphatic rings. The highest BCUT2D eigenvalue weighted by molar-refractivity contribution is 5.81. The minimum Gasteiger partial charge on any atom is -0.385 e. The van der Waals surface area contributed by atoms with Crippen LogP contribution in [0.3, 0.4) is 0 Å². The van der Waals surface area contributed by atoms with E-state index in [2.05, 4.69) is 17.6 Å². The first-order valence-electron chi connectivity index (χ1n) is 7.20. The quantitative estimate of drug-likeness (QED) is 0.585. The van der Waals surface area contributed by atoms with Crippen molar-refractivity contribution >= 4 is 5.91 Å². The first kappa shape index (κ1) is 15.4. The predicted octanol–water partition coefficient (Wildman–Crippen LogP) is 1.70. The van der Waals surface area contributed by atoms with E-state index in [9.17, 15) is 4.79 Å². The van der Waals surface area contributed by atoms with Crippen molar-refractivity contribution in [3.05, 3.63) is 0 Å². The number of hydrogen-bond acceptors (Lipinski definition) is 3. The molecule has 2 unspecified atom stereocenters. The molecule has 0 saturated heterocycles. The number of ether oxygens (including phenoxy) is 1. The summed E-state index contributed by atoms with van der Waals surface area (Å²) in [5, 5.41) is 6.37. The van der Waals surface area contributed by atoms with Crippen LogP contribution in [0.1, 0.15) is 46.0 Å². The number of nitrogens with one attached hydrogen (secondary N) is 2. The van der Waals surface area contributed by atoms with Crippen LogP contribution in [0, 0.1) is 5.92 Å². The van der Waals surface area contributed by atoms with Crippen molar-refractivity contribution in [2.75, 3.05) is 20.3 Å². The van der Waals surface area contributed by atoms with Crippen LogP contribution in [-0.4, -0.2) is 38.3 Å². The molecule has 0 bridgehead atoms. The zero-order valence-corrected chi connectivity index (χ0v) is 12.0. The Hall–Kier alpha value is -0.610. The molecule has 0 heterocycles. The van der Waals surface area contributed by atoms with E-state index in [0.29, 0.717) is 19.2 Å². The number of amides is 1. The first-order valence-corrected chi connectivity index (χ1v) is 7.20. The molecule has 1 fully saturated rings. The molecule has 1 saturated carbocycles. The van der Waals surface area contributed by atoms with Gasteiger partial charge in [-0.3, -0.25) is 4.79 Å². The predicted molar refractivity (Wildman–Crippen MR) is 73.5 cm³/mol. The Morgan fingerprint density at radius 1 is 1.44 bits per heavy atom. The number of methoxy groups -OCH3 is 1. The summed E-state index contributed by atoms with van der Waals surface area (Å²) >= 11 is 0. The summed E-state index contributed by atoms with van der Waals surface area (Å²) < 4.78 is 4.95. The third-order valence-corrected chi connectivity index (χ3v) is 3.51. The van der Waals surface area contributed by atoms with Gasteiger partial charge < -0.3 is 15.4 Å². The van der Waals surface area contributed by atoms with Crippen molar-refractivity contribution in [1.29, 1.82) is 0 Å². The van der Waals surface area contributed by atoms with Gasteiger partial charge in [-0.15, -0.1) is 0 Å². The molecule has 0 radical (unpaired) electrons. The first-order chi connectivity index (χ1) is 8.67. The van der Waals surface area contributed by atoms with E-state index in [4.69, 9.17) is 4.74 Å². The van der Waals surface area contributed by atoms with Gasteiger partial charge in [0, 0.05) is 26.3 Å². The van der Waals surface area contributed by atoms with E-state index < -0.39 is 0 Å². The molecule has 0 aromatic heterocycles. The van der Waals surface area contributed by atoms with Gasteiger partial charge in [0.1, 0.15) is 0 Å². The van der Waals surface area contributed by atoms with Crippen LogP contribution >= 0.6 is 0 Å². The van der Waals surface area contributed by atoms with Crippen molar-refractivity contribution in [3.8, 4) is 0 Å². The number of carbonyl (C=O) groups is 1. The van der Waals surface area contributed by atoms with Crippen LogP contribution in [0.2, 0.25) is 0 Å². The fourth-order valence-corrected chi connectivity index (χ4v) is 2.12. The van der Waals surface area contributed by atoms with Crippen LogP contribution in [0.15, 0.2) is 0 Å². The summed E-state index contributed by atoms with van der Waals surface area (Å²) in [4.78, 5) is 11.8. The van der Waals surface area contributed by atoms with Gasteiger partial charge in [0.05, 0.1) is 6.04 Å². The summed E-state index contributed by atoms with van der Waals surface area (Å²) in [7, 11) is 1.68. The van der Waals surface area contributed by atoms with Crippen LogP contribution in [0.5, 0.6) is 0 Å². The second-order valence-electron chi connectivity index (χ2n) is 5.31. The molecule has 0 aromatic rings. The topological polar surface area (TPSA) is 50.4 Å². The molecule has 1 rings (SSSR count). The minimum atomic E-state index is -0.101. The van der Waals surface area contributed by atoms with Gasteiger partial charge in [-0.1, -0.05) is 19.8 Å². The second kappa shape index (κ2) is 8.48. The highest BCUT2D eigenvalue weighted by Crippen LogP contribution is 2.34. The molecule has 4 nitrogen and oxygen atoms in total. The van der Waals surface area contributed by atoms with E-state index >= 15 is 0 Å². The van der Waals surface area contributed by atoms with Crippen LogP contribution in [0.25, 0.3) is 0 Å². The summed E-state index contributed by atoms with van der Waals surface area (Å²) in [6.07, 6.45) is 5.93. The van der Waals surface area contributed by atoms with Crippen LogP contribution < -0.4 is 10.6 Å². The summed E-state index contributed by atoms with van der Waals surface area (Å²) in [6, 6.07) is 0.383. The Kier molecular flexibility index (Phi) is 7.28. The molecule has 1 amide bonds. The molecular weight excluding hydrogens is 228 g/mol. The number of hydrogen-bond donors (Lipinski definition) is 2. The molecule has 0 spiro atoms. The van der Waals surface area contributed by atoms with Crippen molar-refractivity contribution < 1.29 is 9.53 Å². The summed E-state index contributed by atoms with van der Waals surface area (Å²) in [5.41, 5.74) is 0. The van der Waals surface area contributed by atoms with Crippen molar-refractivity contribution in [1.82, 2.24) is 10.6 Å². The maximum Gasteiger partial charge on any atom is 0.236 e. The molecular formula is C14H28N2O2. The maximum absolute atomic E-state index is 11.8. The molecule has 0 aliphatic heterocycles. The average Bonchev–Trinajstić information content (AvgIpc) is 3.17. The molecule has 0 aromatic carbocycles. The second-order valence-corrected chi connectivity index (χ2v) is 5.31. The zero-order chi connectivity index (χ0) is 13.4.